The zero-order chi connectivity index (χ0) is 18.9. The minimum absolute atomic E-state index is 0.0262. The molecule has 0 bridgehead atoms. The predicted molar refractivity (Wildman–Crippen MR) is 104 cm³/mol. The van der Waals surface area contributed by atoms with E-state index in [0.717, 1.165) is 4.90 Å². The van der Waals surface area contributed by atoms with Crippen molar-refractivity contribution in [1.82, 2.24) is 5.32 Å². The van der Waals surface area contributed by atoms with Crippen molar-refractivity contribution in [2.24, 2.45) is 0 Å². The van der Waals surface area contributed by atoms with E-state index in [1.807, 2.05) is 0 Å². The van der Waals surface area contributed by atoms with Gasteiger partial charge in [0.05, 0.1) is 10.2 Å². The van der Waals surface area contributed by atoms with Gasteiger partial charge in [-0.2, -0.15) is 11.8 Å². The van der Waals surface area contributed by atoms with Crippen LogP contribution in [-0.4, -0.2) is 28.4 Å². The summed E-state index contributed by atoms with van der Waals surface area (Å²) in [5, 5.41) is 13.2. The molecule has 0 unspecified atom stereocenters. The van der Waals surface area contributed by atoms with E-state index in [4.69, 9.17) is 0 Å². The summed E-state index contributed by atoms with van der Waals surface area (Å²) in [5.74, 6) is 0.946. The van der Waals surface area contributed by atoms with Gasteiger partial charge in [-0.05, 0) is 30.7 Å². The fraction of sp³-hybridized carbons (Fsp3) is 0.278. The van der Waals surface area contributed by atoms with Gasteiger partial charge >= 0.3 is 0 Å². The number of nitrogens with zero attached hydrogens (tertiary/aromatic N) is 1. The van der Waals surface area contributed by atoms with Crippen LogP contribution in [0.2, 0.25) is 0 Å². The number of halogens is 1. The summed E-state index contributed by atoms with van der Waals surface area (Å²) in [6.07, 6.45) is 0. The lowest BCUT2D eigenvalue weighted by molar-refractivity contribution is -0.384. The van der Waals surface area contributed by atoms with Crippen molar-refractivity contribution in [3.05, 3.63) is 70.0 Å². The number of nitro benzene ring substituents is 1. The summed E-state index contributed by atoms with van der Waals surface area (Å²) in [7, 11) is 0. The van der Waals surface area contributed by atoms with Crippen molar-refractivity contribution in [2.75, 3.05) is 12.3 Å². The third-order valence-electron chi connectivity index (χ3n) is 3.49. The van der Waals surface area contributed by atoms with Gasteiger partial charge in [0.25, 0.3) is 5.69 Å². The van der Waals surface area contributed by atoms with Crippen LogP contribution in [0.1, 0.15) is 12.5 Å². The molecule has 0 aliphatic carbocycles. The number of non-ortho nitro benzene ring substituents is 1. The van der Waals surface area contributed by atoms with Crippen molar-refractivity contribution in [3.8, 4) is 0 Å². The molecule has 1 amide bonds. The summed E-state index contributed by atoms with van der Waals surface area (Å²) < 4.78 is 13.5. The maximum atomic E-state index is 13.5. The Hall–Kier alpha value is -2.06. The molecule has 0 fully saturated rings. The van der Waals surface area contributed by atoms with E-state index in [0.29, 0.717) is 23.6 Å². The molecule has 0 aromatic heterocycles. The first-order chi connectivity index (χ1) is 12.5. The molecule has 2 aromatic carbocycles. The Labute approximate surface area is 159 Å². The fourth-order valence-electron chi connectivity index (χ4n) is 2.09. The molecule has 8 heteroatoms. The van der Waals surface area contributed by atoms with Crippen molar-refractivity contribution >= 4 is 35.1 Å². The molecular weight excluding hydrogens is 375 g/mol. The van der Waals surface area contributed by atoms with E-state index < -0.39 is 4.92 Å². The summed E-state index contributed by atoms with van der Waals surface area (Å²) in [4.78, 5) is 23.1. The number of nitrogens with one attached hydrogen (secondary N) is 1. The number of benzene rings is 2. The second-order valence-electron chi connectivity index (χ2n) is 5.45. The van der Waals surface area contributed by atoms with Crippen molar-refractivity contribution < 1.29 is 14.1 Å². The van der Waals surface area contributed by atoms with Gasteiger partial charge in [0.1, 0.15) is 5.82 Å². The predicted octanol–water partition coefficient (Wildman–Crippen LogP) is 4.26. The topological polar surface area (TPSA) is 72.2 Å². The highest BCUT2D eigenvalue weighted by Gasteiger charge is 2.14. The quantitative estimate of drug-likeness (QED) is 0.298. The fourth-order valence-corrected chi connectivity index (χ4v) is 3.83. The minimum atomic E-state index is -0.455. The molecule has 1 atom stereocenters. The summed E-state index contributed by atoms with van der Waals surface area (Å²) in [5.41, 5.74) is 0.684. The normalized spacial score (nSPS) is 11.8. The largest absolute Gasteiger partial charge is 0.354 e. The number of nitro groups is 1. The molecule has 0 aliphatic rings. The summed E-state index contributed by atoms with van der Waals surface area (Å²) in [6.45, 7) is 2.29. The molecule has 138 valence electrons. The Kier molecular flexibility index (Phi) is 7.93. The van der Waals surface area contributed by atoms with E-state index >= 15 is 0 Å². The van der Waals surface area contributed by atoms with Crippen LogP contribution < -0.4 is 5.32 Å². The van der Waals surface area contributed by atoms with E-state index in [-0.39, 0.29) is 22.7 Å². The summed E-state index contributed by atoms with van der Waals surface area (Å²) >= 11 is 2.90. The highest BCUT2D eigenvalue weighted by Crippen LogP contribution is 2.25. The second kappa shape index (κ2) is 10.2. The summed E-state index contributed by atoms with van der Waals surface area (Å²) in [6, 6.07) is 12.8. The lowest BCUT2D eigenvalue weighted by Crippen LogP contribution is -2.32. The van der Waals surface area contributed by atoms with E-state index in [9.17, 15) is 19.3 Å². The zero-order valence-electron chi connectivity index (χ0n) is 14.2. The number of amides is 1. The van der Waals surface area contributed by atoms with Crippen LogP contribution in [0.3, 0.4) is 0 Å². The number of carbonyl (C=O) groups is 1. The number of rotatable bonds is 9. The van der Waals surface area contributed by atoms with Crippen LogP contribution in [0.5, 0.6) is 0 Å². The average molecular weight is 394 g/mol. The lowest BCUT2D eigenvalue weighted by atomic mass is 10.2. The Morgan fingerprint density at radius 1 is 1.23 bits per heavy atom. The van der Waals surface area contributed by atoms with Gasteiger partial charge in [0, 0.05) is 35.1 Å². The van der Waals surface area contributed by atoms with Crippen molar-refractivity contribution in [2.45, 2.75) is 22.8 Å². The molecule has 0 heterocycles. The Bertz CT molecular complexity index is 756. The molecule has 0 spiro atoms. The Morgan fingerprint density at radius 3 is 2.58 bits per heavy atom. The van der Waals surface area contributed by atoms with Gasteiger partial charge in [0.15, 0.2) is 0 Å². The smallest absolute Gasteiger partial charge is 0.269 e. The van der Waals surface area contributed by atoms with E-state index in [1.54, 1.807) is 49.0 Å². The second-order valence-corrected chi connectivity index (χ2v) is 7.97. The molecule has 2 rings (SSSR count). The maximum Gasteiger partial charge on any atom is 0.269 e. The highest BCUT2D eigenvalue weighted by molar-refractivity contribution is 8.00. The first-order valence-electron chi connectivity index (χ1n) is 7.97. The van der Waals surface area contributed by atoms with Crippen LogP contribution in [0, 0.1) is 15.9 Å². The van der Waals surface area contributed by atoms with Gasteiger partial charge in [-0.25, -0.2) is 4.39 Å². The van der Waals surface area contributed by atoms with Crippen LogP contribution in [-0.2, 0) is 10.5 Å². The third kappa shape index (κ3) is 6.34. The first kappa shape index (κ1) is 20.3. The van der Waals surface area contributed by atoms with E-state index in [2.05, 4.69) is 5.32 Å². The Morgan fingerprint density at radius 2 is 1.92 bits per heavy atom. The molecule has 1 N–H and O–H groups in total. The van der Waals surface area contributed by atoms with Gasteiger partial charge in [-0.15, -0.1) is 11.8 Å². The molecular formula is C18H19FN2O3S2. The van der Waals surface area contributed by atoms with Crippen molar-refractivity contribution in [3.63, 3.8) is 0 Å². The molecule has 5 nitrogen and oxygen atoms in total. The lowest BCUT2D eigenvalue weighted by Gasteiger charge is -2.12. The molecule has 2 aromatic rings. The molecule has 0 radical (unpaired) electrons. The molecule has 0 saturated carbocycles. The monoisotopic (exact) mass is 394 g/mol. The maximum absolute atomic E-state index is 13.5. The molecule has 26 heavy (non-hydrogen) atoms. The Balaban J connectivity index is 1.68. The highest BCUT2D eigenvalue weighted by atomic mass is 32.2. The average Bonchev–Trinajstić information content (AvgIpc) is 2.63. The van der Waals surface area contributed by atoms with E-state index in [1.165, 1.54) is 30.0 Å². The van der Waals surface area contributed by atoms with Crippen LogP contribution in [0.4, 0.5) is 10.1 Å². The SMILES string of the molecule is C[C@@H](Sc1ccc([N+](=O)[O-])cc1)C(=O)NCCSCc1ccccc1F. The first-order valence-corrected chi connectivity index (χ1v) is 10.0. The number of thioether (sulfide) groups is 2. The standard InChI is InChI=1S/C18H19FN2O3S2/c1-13(26-16-8-6-15(7-9-16)21(23)24)18(22)20-10-11-25-12-14-4-2-3-5-17(14)19/h2-9,13H,10-12H2,1H3,(H,20,22)/t13-/m1/s1. The molecule has 0 aliphatic heterocycles. The molecule has 0 saturated heterocycles. The minimum Gasteiger partial charge on any atom is -0.354 e. The van der Waals surface area contributed by atoms with Crippen LogP contribution in [0.25, 0.3) is 0 Å². The van der Waals surface area contributed by atoms with Gasteiger partial charge in [-0.3, -0.25) is 14.9 Å². The number of hydrogen-bond donors (Lipinski definition) is 1. The van der Waals surface area contributed by atoms with Crippen LogP contribution in [0.15, 0.2) is 53.4 Å². The third-order valence-corrected chi connectivity index (χ3v) is 5.61. The number of carbonyl (C=O) groups excluding carboxylic acids is 1. The number of hydrogen-bond acceptors (Lipinski definition) is 5. The van der Waals surface area contributed by atoms with Gasteiger partial charge in [-0.1, -0.05) is 18.2 Å². The van der Waals surface area contributed by atoms with Gasteiger partial charge in [0.2, 0.25) is 5.91 Å². The zero-order valence-corrected chi connectivity index (χ0v) is 15.8. The van der Waals surface area contributed by atoms with Crippen molar-refractivity contribution in [1.29, 1.82) is 0 Å². The van der Waals surface area contributed by atoms with Gasteiger partial charge < -0.3 is 5.32 Å². The van der Waals surface area contributed by atoms with Crippen LogP contribution >= 0.6 is 23.5 Å².